The Morgan fingerprint density at radius 3 is 2.23 bits per heavy atom. The first-order valence-corrected chi connectivity index (χ1v) is 10.9. The van der Waals surface area contributed by atoms with E-state index in [1.54, 1.807) is 6.07 Å². The molecule has 0 radical (unpaired) electrons. The Hall–Kier alpha value is -2.82. The highest BCUT2D eigenvalue weighted by Gasteiger charge is 2.20. The van der Waals surface area contributed by atoms with E-state index in [0.29, 0.717) is 17.7 Å². The molecule has 0 aliphatic carbocycles. The lowest BCUT2D eigenvalue weighted by atomic mass is 9.84. The van der Waals surface area contributed by atoms with Gasteiger partial charge in [-0.15, -0.1) is 0 Å². The summed E-state index contributed by atoms with van der Waals surface area (Å²) in [4.78, 5) is 27.5. The number of carbonyl (C=O) groups excluding carboxylic acids is 2. The maximum Gasteiger partial charge on any atom is 0.253 e. The van der Waals surface area contributed by atoms with Crippen molar-refractivity contribution in [2.24, 2.45) is 11.3 Å². The molecule has 31 heavy (non-hydrogen) atoms. The third kappa shape index (κ3) is 7.74. The minimum absolute atomic E-state index is 0.0293. The molecule has 2 aromatic rings. The van der Waals surface area contributed by atoms with Gasteiger partial charge in [-0.2, -0.15) is 0 Å². The first kappa shape index (κ1) is 24.4. The van der Waals surface area contributed by atoms with Crippen LogP contribution in [0.1, 0.15) is 69.4 Å². The van der Waals surface area contributed by atoms with E-state index >= 15 is 0 Å². The van der Waals surface area contributed by atoms with Gasteiger partial charge in [-0.05, 0) is 48.4 Å². The highest BCUT2D eigenvalue weighted by Crippen LogP contribution is 2.27. The number of nitrogens with zero attached hydrogens (tertiary/aromatic N) is 1. The van der Waals surface area contributed by atoms with Crippen molar-refractivity contribution in [3.05, 3.63) is 59.7 Å². The Balaban J connectivity index is 2.14. The van der Waals surface area contributed by atoms with Gasteiger partial charge in [0.15, 0.2) is 0 Å². The average molecular weight is 424 g/mol. The van der Waals surface area contributed by atoms with E-state index in [1.807, 2.05) is 68.4 Å². The number of carbonyl (C=O) groups is 2. The van der Waals surface area contributed by atoms with Crippen molar-refractivity contribution in [3.63, 3.8) is 0 Å². The molecule has 0 spiro atoms. The average Bonchev–Trinajstić information content (AvgIpc) is 2.66. The molecular formula is C26H37N3O2. The minimum atomic E-state index is -0.169. The molecule has 2 N–H and O–H groups in total. The smallest absolute Gasteiger partial charge is 0.253 e. The van der Waals surface area contributed by atoms with Gasteiger partial charge >= 0.3 is 0 Å². The van der Waals surface area contributed by atoms with Crippen LogP contribution in [0, 0.1) is 11.3 Å². The molecule has 0 saturated heterocycles. The minimum Gasteiger partial charge on any atom is -0.377 e. The fourth-order valence-electron chi connectivity index (χ4n) is 3.93. The number of benzene rings is 2. The van der Waals surface area contributed by atoms with E-state index in [0.717, 1.165) is 17.7 Å². The summed E-state index contributed by atoms with van der Waals surface area (Å²) in [5.41, 5.74) is 3.20. The molecule has 0 unspecified atom stereocenters. The quantitative estimate of drug-likeness (QED) is 0.577. The molecule has 2 aromatic carbocycles. The maximum atomic E-state index is 13.1. The molecule has 2 rings (SSSR count). The summed E-state index contributed by atoms with van der Waals surface area (Å²) in [7, 11) is 3.80. The van der Waals surface area contributed by atoms with Gasteiger partial charge in [0.1, 0.15) is 0 Å². The van der Waals surface area contributed by atoms with Crippen LogP contribution >= 0.6 is 0 Å². The van der Waals surface area contributed by atoms with E-state index in [1.165, 1.54) is 0 Å². The summed E-state index contributed by atoms with van der Waals surface area (Å²) in [6.07, 6.45) is 1.43. The zero-order chi connectivity index (χ0) is 23.2. The lowest BCUT2D eigenvalue weighted by Gasteiger charge is -2.23. The van der Waals surface area contributed by atoms with Gasteiger partial charge in [-0.1, -0.05) is 58.0 Å². The van der Waals surface area contributed by atoms with Crippen LogP contribution < -0.4 is 15.5 Å². The molecule has 0 fully saturated rings. The van der Waals surface area contributed by atoms with Crippen LogP contribution in [-0.2, 0) is 4.79 Å². The van der Waals surface area contributed by atoms with E-state index in [4.69, 9.17) is 0 Å². The third-order valence-electron chi connectivity index (χ3n) is 5.15. The second-order valence-electron chi connectivity index (χ2n) is 9.85. The predicted molar refractivity (Wildman–Crippen MR) is 130 cm³/mol. The number of hydrogen-bond acceptors (Lipinski definition) is 3. The van der Waals surface area contributed by atoms with E-state index < -0.39 is 0 Å². The number of amides is 2. The molecule has 168 valence electrons. The van der Waals surface area contributed by atoms with Gasteiger partial charge in [-0.3, -0.25) is 9.59 Å². The molecule has 5 nitrogen and oxygen atoms in total. The lowest BCUT2D eigenvalue weighted by molar-refractivity contribution is -0.117. The second kappa shape index (κ2) is 10.5. The predicted octanol–water partition coefficient (Wildman–Crippen LogP) is 5.64. The number of rotatable bonds is 8. The van der Waals surface area contributed by atoms with Crippen LogP contribution in [0.4, 0.5) is 11.4 Å². The Morgan fingerprint density at radius 1 is 1.00 bits per heavy atom. The van der Waals surface area contributed by atoms with Crippen LogP contribution in [0.25, 0.3) is 0 Å². The van der Waals surface area contributed by atoms with Crippen molar-refractivity contribution in [2.45, 2.75) is 53.5 Å². The molecule has 0 saturated carbocycles. The Labute approximate surface area is 187 Å². The van der Waals surface area contributed by atoms with Gasteiger partial charge < -0.3 is 15.5 Å². The zero-order valence-electron chi connectivity index (χ0n) is 20.0. The van der Waals surface area contributed by atoms with Crippen molar-refractivity contribution < 1.29 is 9.59 Å². The molecule has 0 bridgehead atoms. The maximum absolute atomic E-state index is 13.1. The van der Waals surface area contributed by atoms with Crippen LogP contribution in [0.2, 0.25) is 0 Å². The topological polar surface area (TPSA) is 61.4 Å². The summed E-state index contributed by atoms with van der Waals surface area (Å²) in [5, 5.41) is 6.04. The largest absolute Gasteiger partial charge is 0.377 e. The van der Waals surface area contributed by atoms with Gasteiger partial charge in [0, 0.05) is 31.9 Å². The second-order valence-corrected chi connectivity index (χ2v) is 9.85. The van der Waals surface area contributed by atoms with Gasteiger partial charge in [0.05, 0.1) is 11.6 Å². The van der Waals surface area contributed by atoms with Crippen molar-refractivity contribution >= 4 is 23.2 Å². The fourth-order valence-corrected chi connectivity index (χ4v) is 3.93. The summed E-state index contributed by atoms with van der Waals surface area (Å²) >= 11 is 0. The first-order chi connectivity index (χ1) is 14.5. The van der Waals surface area contributed by atoms with Crippen molar-refractivity contribution in [3.8, 4) is 0 Å². The molecule has 0 aliphatic heterocycles. The monoisotopic (exact) mass is 423 g/mol. The number of nitrogens with one attached hydrogen (secondary N) is 2. The SMILES string of the molecule is C[C@@H](CC(=O)Nc1ccc(N(C)C)c(C(=O)N[C@H](C)c2ccccc2)c1)CC(C)(C)C. The number of hydrogen-bond donors (Lipinski definition) is 2. The normalized spacial score (nSPS) is 13.3. The van der Waals surface area contributed by atoms with Crippen molar-refractivity contribution in [1.82, 2.24) is 5.32 Å². The first-order valence-electron chi connectivity index (χ1n) is 10.9. The van der Waals surface area contributed by atoms with Crippen molar-refractivity contribution in [1.29, 1.82) is 0 Å². The Bertz CT molecular complexity index is 885. The summed E-state index contributed by atoms with van der Waals surface area (Å²) in [6, 6.07) is 15.2. The summed E-state index contributed by atoms with van der Waals surface area (Å²) < 4.78 is 0. The Morgan fingerprint density at radius 2 is 1.65 bits per heavy atom. The van der Waals surface area contributed by atoms with Crippen LogP contribution in [-0.4, -0.2) is 25.9 Å². The van der Waals surface area contributed by atoms with E-state index in [9.17, 15) is 9.59 Å². The molecule has 2 amide bonds. The van der Waals surface area contributed by atoms with E-state index in [-0.39, 0.29) is 29.2 Å². The van der Waals surface area contributed by atoms with Gasteiger partial charge in [-0.25, -0.2) is 0 Å². The lowest BCUT2D eigenvalue weighted by Crippen LogP contribution is -2.28. The van der Waals surface area contributed by atoms with E-state index in [2.05, 4.69) is 38.3 Å². The summed E-state index contributed by atoms with van der Waals surface area (Å²) in [6.45, 7) is 10.6. The summed E-state index contributed by atoms with van der Waals surface area (Å²) in [5.74, 6) is 0.0890. The molecule has 0 heterocycles. The highest BCUT2D eigenvalue weighted by atomic mass is 16.2. The zero-order valence-corrected chi connectivity index (χ0v) is 20.0. The van der Waals surface area contributed by atoms with Crippen LogP contribution in [0.15, 0.2) is 48.5 Å². The fraction of sp³-hybridized carbons (Fsp3) is 0.462. The third-order valence-corrected chi connectivity index (χ3v) is 5.15. The standard InChI is InChI=1S/C26H37N3O2/c1-18(17-26(3,4)5)15-24(30)28-21-13-14-23(29(6)7)22(16-21)25(31)27-19(2)20-11-9-8-10-12-20/h8-14,16,18-19H,15,17H2,1-7H3,(H,27,31)(H,28,30)/t18-,19+/m0/s1. The van der Waals surface area contributed by atoms with Crippen LogP contribution in [0.3, 0.4) is 0 Å². The molecule has 0 aliphatic rings. The molecule has 0 aromatic heterocycles. The molecular weight excluding hydrogens is 386 g/mol. The molecule has 2 atom stereocenters. The molecule has 5 heteroatoms. The highest BCUT2D eigenvalue weighted by molar-refractivity contribution is 6.02. The van der Waals surface area contributed by atoms with Gasteiger partial charge in [0.2, 0.25) is 5.91 Å². The number of anilines is 2. The van der Waals surface area contributed by atoms with Crippen LogP contribution in [0.5, 0.6) is 0 Å². The van der Waals surface area contributed by atoms with Gasteiger partial charge in [0.25, 0.3) is 5.91 Å². The van der Waals surface area contributed by atoms with Crippen molar-refractivity contribution in [2.75, 3.05) is 24.3 Å². The Kier molecular flexibility index (Phi) is 8.26.